The predicted octanol–water partition coefficient (Wildman–Crippen LogP) is 0.238. The minimum atomic E-state index is -1.08. The summed E-state index contributed by atoms with van der Waals surface area (Å²) in [6, 6.07) is 0. The van der Waals surface area contributed by atoms with Crippen molar-refractivity contribution in [2.75, 3.05) is 13.2 Å². The predicted molar refractivity (Wildman–Crippen MR) is 50.0 cm³/mol. The highest BCUT2D eigenvalue weighted by Crippen LogP contribution is 2.09. The van der Waals surface area contributed by atoms with Crippen LogP contribution < -0.4 is 0 Å². The number of carbonyl (C=O) groups is 3. The number of ether oxygens (including phenoxy) is 2. The monoisotopic (exact) mass is 231 g/mol. The zero-order chi connectivity index (χ0) is 12.1. The second kappa shape index (κ2) is 5.45. The summed E-state index contributed by atoms with van der Waals surface area (Å²) in [5.41, 5.74) is 0. The molecule has 0 N–H and O–H groups in total. The Morgan fingerprint density at radius 1 is 1.25 bits per heavy atom. The van der Waals surface area contributed by atoms with Crippen LogP contribution in [0.4, 0.5) is 4.79 Å². The van der Waals surface area contributed by atoms with Crippen LogP contribution >= 0.6 is 0 Å². The van der Waals surface area contributed by atoms with E-state index in [1.807, 2.05) is 0 Å². The van der Waals surface area contributed by atoms with Crippen LogP contribution in [-0.4, -0.2) is 42.4 Å². The van der Waals surface area contributed by atoms with E-state index in [0.717, 1.165) is 13.8 Å². The molecule has 90 valence electrons. The molecule has 1 atom stereocenters. The highest BCUT2D eigenvalue weighted by Gasteiger charge is 2.25. The van der Waals surface area contributed by atoms with Gasteiger partial charge in [-0.1, -0.05) is 0 Å². The normalized spacial score (nSPS) is 19.0. The summed E-state index contributed by atoms with van der Waals surface area (Å²) in [5.74, 6) is -1.38. The Hall–Kier alpha value is -1.63. The second-order valence-corrected chi connectivity index (χ2v) is 3.28. The first-order valence-electron chi connectivity index (χ1n) is 4.78. The minimum absolute atomic E-state index is 0.301. The molecule has 1 aliphatic rings. The number of carbonyl (C=O) groups excluding carboxylic acids is 3. The molecule has 1 aliphatic heterocycles. The third kappa shape index (κ3) is 3.50. The second-order valence-electron chi connectivity index (χ2n) is 3.28. The molecule has 7 heteroatoms. The Morgan fingerprint density at radius 3 is 2.31 bits per heavy atom. The van der Waals surface area contributed by atoms with Crippen LogP contribution in [0.15, 0.2) is 0 Å². The Kier molecular flexibility index (Phi) is 4.24. The smallest absolute Gasteiger partial charge is 0.427 e. The molecule has 7 nitrogen and oxygen atoms in total. The van der Waals surface area contributed by atoms with E-state index >= 15 is 0 Å². The van der Waals surface area contributed by atoms with E-state index in [4.69, 9.17) is 9.47 Å². The topological polar surface area (TPSA) is 82.1 Å². The molecule has 0 unspecified atom stereocenters. The maximum Gasteiger partial charge on any atom is 0.534 e. The summed E-state index contributed by atoms with van der Waals surface area (Å²) in [6.45, 7) is 3.02. The molecular weight excluding hydrogens is 218 g/mol. The Bertz CT molecular complexity index is 282. The van der Waals surface area contributed by atoms with Crippen molar-refractivity contribution in [1.29, 1.82) is 0 Å². The van der Waals surface area contributed by atoms with Crippen molar-refractivity contribution < 1.29 is 28.7 Å². The van der Waals surface area contributed by atoms with Crippen molar-refractivity contribution in [1.82, 2.24) is 5.06 Å². The van der Waals surface area contributed by atoms with Crippen molar-refractivity contribution in [3.8, 4) is 0 Å². The lowest BCUT2D eigenvalue weighted by Crippen LogP contribution is -2.36. The number of hydrogen-bond acceptors (Lipinski definition) is 6. The Morgan fingerprint density at radius 2 is 1.88 bits per heavy atom. The van der Waals surface area contributed by atoms with Crippen molar-refractivity contribution >= 4 is 18.0 Å². The van der Waals surface area contributed by atoms with E-state index < -0.39 is 18.0 Å². The number of amides is 2. The van der Waals surface area contributed by atoms with Gasteiger partial charge in [0.05, 0.1) is 13.2 Å². The van der Waals surface area contributed by atoms with E-state index in [-0.39, 0.29) is 6.10 Å². The van der Waals surface area contributed by atoms with Gasteiger partial charge in [-0.05, 0) is 0 Å². The maximum absolute atomic E-state index is 11.2. The number of hydrogen-bond donors (Lipinski definition) is 0. The largest absolute Gasteiger partial charge is 0.534 e. The summed E-state index contributed by atoms with van der Waals surface area (Å²) < 4.78 is 9.79. The number of rotatable bonds is 1. The molecule has 2 amide bonds. The number of nitrogens with zero attached hydrogens (tertiary/aromatic N) is 1. The molecule has 1 heterocycles. The van der Waals surface area contributed by atoms with Crippen LogP contribution in [0.2, 0.25) is 0 Å². The molecule has 1 rings (SSSR count). The van der Waals surface area contributed by atoms with Crippen LogP contribution in [0.1, 0.15) is 20.3 Å². The van der Waals surface area contributed by atoms with Crippen molar-refractivity contribution in [3.63, 3.8) is 0 Å². The lowest BCUT2D eigenvalue weighted by atomic mass is 10.3. The van der Waals surface area contributed by atoms with Gasteiger partial charge in [-0.15, -0.1) is 5.06 Å². The van der Waals surface area contributed by atoms with E-state index in [0.29, 0.717) is 24.7 Å². The zero-order valence-electron chi connectivity index (χ0n) is 9.10. The molecule has 0 radical (unpaired) electrons. The standard InChI is InChI=1S/C9H13NO6/c1-6(11)10(7(2)12)16-9(13)15-8-3-4-14-5-8/h8H,3-5H2,1-2H3/t8-/m0/s1. The first-order chi connectivity index (χ1) is 7.50. The zero-order valence-corrected chi connectivity index (χ0v) is 9.10. The quantitative estimate of drug-likeness (QED) is 0.475. The van der Waals surface area contributed by atoms with Gasteiger partial charge in [0.25, 0.3) is 11.8 Å². The summed E-state index contributed by atoms with van der Waals surface area (Å²) >= 11 is 0. The van der Waals surface area contributed by atoms with E-state index in [1.54, 1.807) is 0 Å². The Labute approximate surface area is 92.2 Å². The van der Waals surface area contributed by atoms with E-state index in [2.05, 4.69) is 4.84 Å². The third-order valence-electron chi connectivity index (χ3n) is 1.89. The van der Waals surface area contributed by atoms with Crippen molar-refractivity contribution in [2.45, 2.75) is 26.4 Å². The highest BCUT2D eigenvalue weighted by molar-refractivity contribution is 5.92. The van der Waals surface area contributed by atoms with Gasteiger partial charge < -0.3 is 9.47 Å². The summed E-state index contributed by atoms with van der Waals surface area (Å²) in [5, 5.41) is 0.345. The van der Waals surface area contributed by atoms with Crippen LogP contribution in [-0.2, 0) is 23.9 Å². The molecule has 0 spiro atoms. The maximum atomic E-state index is 11.2. The van der Waals surface area contributed by atoms with Gasteiger partial charge in [-0.2, -0.15) is 0 Å². The molecule has 0 aromatic heterocycles. The van der Waals surface area contributed by atoms with Crippen LogP contribution in [0.5, 0.6) is 0 Å². The fourth-order valence-corrected chi connectivity index (χ4v) is 1.19. The van der Waals surface area contributed by atoms with Crippen molar-refractivity contribution in [3.05, 3.63) is 0 Å². The first kappa shape index (κ1) is 12.4. The molecule has 0 aromatic rings. The fraction of sp³-hybridized carbons (Fsp3) is 0.667. The van der Waals surface area contributed by atoms with Crippen LogP contribution in [0, 0.1) is 0 Å². The van der Waals surface area contributed by atoms with Crippen molar-refractivity contribution in [2.24, 2.45) is 0 Å². The lowest BCUT2D eigenvalue weighted by Gasteiger charge is -2.16. The number of imide groups is 1. The summed E-state index contributed by atoms with van der Waals surface area (Å²) in [6.07, 6.45) is -0.885. The van der Waals surface area contributed by atoms with Crippen LogP contribution in [0.25, 0.3) is 0 Å². The van der Waals surface area contributed by atoms with Gasteiger partial charge in [0.15, 0.2) is 0 Å². The molecule has 1 saturated heterocycles. The Balaban J connectivity index is 2.41. The van der Waals surface area contributed by atoms with Gasteiger partial charge in [-0.3, -0.25) is 14.4 Å². The fourth-order valence-electron chi connectivity index (χ4n) is 1.19. The molecule has 16 heavy (non-hydrogen) atoms. The van der Waals surface area contributed by atoms with Gasteiger partial charge in [0.1, 0.15) is 6.10 Å². The molecular formula is C9H13NO6. The average Bonchev–Trinajstić information content (AvgIpc) is 2.65. The number of hydroxylamine groups is 2. The molecule has 0 aliphatic carbocycles. The molecule has 0 bridgehead atoms. The highest BCUT2D eigenvalue weighted by atomic mass is 16.8. The van der Waals surface area contributed by atoms with Gasteiger partial charge in [-0.25, -0.2) is 4.79 Å². The molecule has 1 fully saturated rings. The summed E-state index contributed by atoms with van der Waals surface area (Å²) in [7, 11) is 0. The van der Waals surface area contributed by atoms with Gasteiger partial charge >= 0.3 is 6.16 Å². The molecule has 0 aromatic carbocycles. The van der Waals surface area contributed by atoms with E-state index in [9.17, 15) is 14.4 Å². The first-order valence-corrected chi connectivity index (χ1v) is 4.78. The van der Waals surface area contributed by atoms with Gasteiger partial charge in [0, 0.05) is 20.3 Å². The molecule has 0 saturated carbocycles. The van der Waals surface area contributed by atoms with E-state index in [1.165, 1.54) is 0 Å². The lowest BCUT2D eigenvalue weighted by molar-refractivity contribution is -0.183. The third-order valence-corrected chi connectivity index (χ3v) is 1.89. The minimum Gasteiger partial charge on any atom is -0.427 e. The van der Waals surface area contributed by atoms with Crippen LogP contribution in [0.3, 0.4) is 0 Å². The van der Waals surface area contributed by atoms with Gasteiger partial charge in [0.2, 0.25) is 0 Å². The SMILES string of the molecule is CC(=O)N(OC(=O)O[C@H]1CCOC1)C(C)=O. The average molecular weight is 231 g/mol. The summed E-state index contributed by atoms with van der Waals surface area (Å²) in [4.78, 5) is 37.4.